The van der Waals surface area contributed by atoms with Crippen LogP contribution in [-0.2, 0) is 24.0 Å². The zero-order valence-corrected chi connectivity index (χ0v) is 17.9. The lowest BCUT2D eigenvalue weighted by Gasteiger charge is -2.23. The van der Waals surface area contributed by atoms with Gasteiger partial charge in [-0.1, -0.05) is 0 Å². The minimum absolute atomic E-state index is 0.194. The summed E-state index contributed by atoms with van der Waals surface area (Å²) in [5.41, 5.74) is 5.74. The van der Waals surface area contributed by atoms with Gasteiger partial charge in [-0.3, -0.25) is 24.0 Å². The summed E-state index contributed by atoms with van der Waals surface area (Å²) in [5.74, 6) is -3.72. The summed E-state index contributed by atoms with van der Waals surface area (Å²) >= 11 is 2.90. The van der Waals surface area contributed by atoms with Crippen LogP contribution in [0.15, 0.2) is 0 Å². The van der Waals surface area contributed by atoms with E-state index in [4.69, 9.17) is 15.9 Å². The number of rotatable bonds is 15. The summed E-state index contributed by atoms with van der Waals surface area (Å²) in [6, 6.07) is -3.41. The molecular formula is C16H28N4O7S2. The number of nitrogens with one attached hydrogen (secondary N) is 3. The zero-order chi connectivity index (χ0) is 22.4. The first-order valence-corrected chi connectivity index (χ1v) is 11.5. The number of amides is 3. The van der Waals surface area contributed by atoms with E-state index in [9.17, 15) is 24.0 Å². The fourth-order valence-electron chi connectivity index (χ4n) is 2.10. The van der Waals surface area contributed by atoms with Crippen LogP contribution in [0.3, 0.4) is 0 Å². The molecular weight excluding hydrogens is 424 g/mol. The Morgan fingerprint density at radius 1 is 0.828 bits per heavy atom. The molecule has 13 heteroatoms. The van der Waals surface area contributed by atoms with E-state index in [2.05, 4.69) is 16.0 Å². The van der Waals surface area contributed by atoms with Gasteiger partial charge >= 0.3 is 11.9 Å². The lowest BCUT2D eigenvalue weighted by molar-refractivity contribution is -0.141. The van der Waals surface area contributed by atoms with Crippen LogP contribution in [0.2, 0.25) is 0 Å². The Balaban J connectivity index is 5.15. The van der Waals surface area contributed by atoms with E-state index >= 15 is 0 Å². The van der Waals surface area contributed by atoms with Crippen LogP contribution in [-0.4, -0.2) is 88.6 Å². The molecule has 0 aliphatic heterocycles. The average molecular weight is 453 g/mol. The Bertz CT molecular complexity index is 592. The molecule has 166 valence electrons. The van der Waals surface area contributed by atoms with Gasteiger partial charge < -0.3 is 31.9 Å². The molecule has 0 aromatic heterocycles. The number of carbonyl (C=O) groups is 5. The summed E-state index contributed by atoms with van der Waals surface area (Å²) < 4.78 is 0. The van der Waals surface area contributed by atoms with E-state index in [-0.39, 0.29) is 6.42 Å². The minimum Gasteiger partial charge on any atom is -0.481 e. The largest absolute Gasteiger partial charge is 0.481 e. The van der Waals surface area contributed by atoms with E-state index in [0.29, 0.717) is 17.9 Å². The molecule has 0 spiro atoms. The molecule has 0 saturated carbocycles. The van der Waals surface area contributed by atoms with Gasteiger partial charge in [0, 0.05) is 0 Å². The van der Waals surface area contributed by atoms with Gasteiger partial charge in [-0.2, -0.15) is 23.5 Å². The number of carboxylic acids is 2. The second kappa shape index (κ2) is 14.9. The number of aliphatic carboxylic acids is 2. The maximum absolute atomic E-state index is 12.5. The molecule has 3 unspecified atom stereocenters. The third-order valence-corrected chi connectivity index (χ3v) is 4.93. The molecule has 0 aliphatic rings. The van der Waals surface area contributed by atoms with E-state index in [1.807, 2.05) is 6.26 Å². The SMILES string of the molecule is CSCCC(N)C(=O)NC(CC(=O)O)C(=O)NC(CCSC)C(=O)NCC(=O)O. The first-order chi connectivity index (χ1) is 13.6. The third-order valence-electron chi connectivity index (χ3n) is 3.64. The maximum atomic E-state index is 12.5. The summed E-state index contributed by atoms with van der Waals surface area (Å²) in [7, 11) is 0. The standard InChI is InChI=1S/C16H28N4O7S2/c1-28-5-3-9(17)14(25)20-11(7-12(21)22)16(27)19-10(4-6-29-2)15(26)18-8-13(23)24/h9-11H,3-8,17H2,1-2H3,(H,18,26)(H,19,27)(H,20,25)(H,21,22)(H,23,24). The Morgan fingerprint density at radius 2 is 1.38 bits per heavy atom. The Hall–Kier alpha value is -1.99. The number of hydrogen-bond acceptors (Lipinski definition) is 8. The van der Waals surface area contributed by atoms with E-state index in [1.54, 1.807) is 6.26 Å². The van der Waals surface area contributed by atoms with Gasteiger partial charge in [-0.05, 0) is 36.9 Å². The van der Waals surface area contributed by atoms with Crippen molar-refractivity contribution in [3.8, 4) is 0 Å². The minimum atomic E-state index is -1.43. The summed E-state index contributed by atoms with van der Waals surface area (Å²) in [5, 5.41) is 24.6. The van der Waals surface area contributed by atoms with Gasteiger partial charge in [0.05, 0.1) is 12.5 Å². The maximum Gasteiger partial charge on any atom is 0.322 e. The number of hydrogen-bond donors (Lipinski definition) is 6. The van der Waals surface area contributed by atoms with E-state index in [1.165, 1.54) is 23.5 Å². The molecule has 0 rings (SSSR count). The van der Waals surface area contributed by atoms with Gasteiger partial charge in [0.2, 0.25) is 17.7 Å². The smallest absolute Gasteiger partial charge is 0.322 e. The van der Waals surface area contributed by atoms with Gasteiger partial charge in [-0.25, -0.2) is 0 Å². The third kappa shape index (κ3) is 12.2. The number of carboxylic acid groups (broad SMARTS) is 2. The predicted molar refractivity (Wildman–Crippen MR) is 111 cm³/mol. The summed E-state index contributed by atoms with van der Waals surface area (Å²) in [4.78, 5) is 58.5. The number of thioether (sulfide) groups is 2. The van der Waals surface area contributed by atoms with Gasteiger partial charge in [-0.15, -0.1) is 0 Å². The van der Waals surface area contributed by atoms with Crippen LogP contribution in [0.4, 0.5) is 0 Å². The highest BCUT2D eigenvalue weighted by Crippen LogP contribution is 2.04. The fraction of sp³-hybridized carbons (Fsp3) is 0.688. The first kappa shape index (κ1) is 27.0. The molecule has 0 fully saturated rings. The Labute approximate surface area is 177 Å². The highest BCUT2D eigenvalue weighted by Gasteiger charge is 2.29. The molecule has 0 aromatic rings. The van der Waals surface area contributed by atoms with Crippen molar-refractivity contribution in [3.63, 3.8) is 0 Å². The van der Waals surface area contributed by atoms with Crippen molar-refractivity contribution in [1.29, 1.82) is 0 Å². The van der Waals surface area contributed by atoms with Crippen molar-refractivity contribution >= 4 is 53.2 Å². The molecule has 0 aliphatic carbocycles. The lowest BCUT2D eigenvalue weighted by Crippen LogP contribution is -2.56. The van der Waals surface area contributed by atoms with Gasteiger partial charge in [0.1, 0.15) is 18.6 Å². The zero-order valence-electron chi connectivity index (χ0n) is 16.3. The quantitative estimate of drug-likeness (QED) is 0.170. The molecule has 0 heterocycles. The van der Waals surface area contributed by atoms with E-state index in [0.717, 1.165) is 0 Å². The Morgan fingerprint density at radius 3 is 1.90 bits per heavy atom. The molecule has 0 radical (unpaired) electrons. The normalized spacial score (nSPS) is 13.6. The van der Waals surface area contributed by atoms with Crippen molar-refractivity contribution in [3.05, 3.63) is 0 Å². The fourth-order valence-corrected chi connectivity index (χ4v) is 3.06. The molecule has 11 nitrogen and oxygen atoms in total. The van der Waals surface area contributed by atoms with Gasteiger partial charge in [0.15, 0.2) is 0 Å². The highest BCUT2D eigenvalue weighted by molar-refractivity contribution is 7.98. The molecule has 0 aromatic carbocycles. The van der Waals surface area contributed by atoms with Crippen LogP contribution in [0.1, 0.15) is 19.3 Å². The first-order valence-electron chi connectivity index (χ1n) is 8.67. The number of nitrogens with two attached hydrogens (primary N) is 1. The molecule has 7 N–H and O–H groups in total. The Kier molecular flexibility index (Phi) is 13.9. The summed E-state index contributed by atoms with van der Waals surface area (Å²) in [6.45, 7) is -0.621. The van der Waals surface area contributed by atoms with Crippen molar-refractivity contribution in [2.24, 2.45) is 5.73 Å². The summed E-state index contributed by atoms with van der Waals surface area (Å²) in [6.07, 6.45) is 3.48. The van der Waals surface area contributed by atoms with Crippen LogP contribution >= 0.6 is 23.5 Å². The topological polar surface area (TPSA) is 188 Å². The van der Waals surface area contributed by atoms with Crippen molar-refractivity contribution in [2.75, 3.05) is 30.6 Å². The molecule has 0 bridgehead atoms. The monoisotopic (exact) mass is 452 g/mol. The molecule has 29 heavy (non-hydrogen) atoms. The lowest BCUT2D eigenvalue weighted by atomic mass is 10.1. The van der Waals surface area contributed by atoms with Crippen LogP contribution in [0.5, 0.6) is 0 Å². The van der Waals surface area contributed by atoms with Crippen molar-refractivity contribution in [2.45, 2.75) is 37.4 Å². The van der Waals surface area contributed by atoms with Crippen LogP contribution in [0, 0.1) is 0 Å². The molecule has 3 amide bonds. The predicted octanol–water partition coefficient (Wildman–Crippen LogP) is -1.53. The molecule has 3 atom stereocenters. The highest BCUT2D eigenvalue weighted by atomic mass is 32.2. The van der Waals surface area contributed by atoms with Crippen LogP contribution in [0.25, 0.3) is 0 Å². The van der Waals surface area contributed by atoms with Gasteiger partial charge in [0.25, 0.3) is 0 Å². The second-order valence-electron chi connectivity index (χ2n) is 6.00. The van der Waals surface area contributed by atoms with Crippen molar-refractivity contribution < 1.29 is 34.2 Å². The molecule has 0 saturated heterocycles. The van der Waals surface area contributed by atoms with Crippen LogP contribution < -0.4 is 21.7 Å². The van der Waals surface area contributed by atoms with E-state index < -0.39 is 60.8 Å². The number of carbonyl (C=O) groups excluding carboxylic acids is 3. The average Bonchev–Trinajstić information content (AvgIpc) is 2.65. The second-order valence-corrected chi connectivity index (χ2v) is 7.97. The van der Waals surface area contributed by atoms with Crippen molar-refractivity contribution in [1.82, 2.24) is 16.0 Å².